The fraction of sp³-hybridized carbons (Fsp3) is 0.167. The first-order valence-electron chi connectivity index (χ1n) is 10.4. The molecule has 4 rings (SSSR count). The van der Waals surface area contributed by atoms with Crippen molar-refractivity contribution >= 4 is 22.5 Å². The molecule has 3 heterocycles. The summed E-state index contributed by atoms with van der Waals surface area (Å²) in [5.41, 5.74) is 5.09. The third-order valence-electron chi connectivity index (χ3n) is 5.47. The zero-order valence-corrected chi connectivity index (χ0v) is 18.6. The molecule has 0 bridgehead atoms. The second-order valence-corrected chi connectivity index (χ2v) is 7.79. The number of halogens is 3. The van der Waals surface area contributed by atoms with E-state index < -0.39 is 23.2 Å². The molecule has 0 amide bonds. The van der Waals surface area contributed by atoms with E-state index in [1.807, 2.05) is 0 Å². The van der Waals surface area contributed by atoms with Gasteiger partial charge in [-0.15, -0.1) is 0 Å². The van der Waals surface area contributed by atoms with Crippen LogP contribution in [0.15, 0.2) is 69.2 Å². The summed E-state index contributed by atoms with van der Waals surface area (Å²) < 4.78 is 47.3. The number of nitrogens with zero attached hydrogens (tertiary/aromatic N) is 3. The third kappa shape index (κ3) is 4.52. The molecule has 4 N–H and O–H groups in total. The Labute approximate surface area is 196 Å². The Kier molecular flexibility index (Phi) is 6.16. The Morgan fingerprint density at radius 2 is 1.91 bits per heavy atom. The Balaban J connectivity index is 1.95. The summed E-state index contributed by atoms with van der Waals surface area (Å²) in [7, 11) is 0. The first-order chi connectivity index (χ1) is 16.6. The molecule has 8 nitrogen and oxygen atoms in total. The molecule has 1 aromatic carbocycles. The number of nitrogens with one attached hydrogen (secondary N) is 1. The lowest BCUT2D eigenvalue weighted by atomic mass is 9.98. The van der Waals surface area contributed by atoms with Gasteiger partial charge in [-0.2, -0.15) is 13.2 Å². The van der Waals surface area contributed by atoms with E-state index in [9.17, 15) is 18.0 Å². The number of benzene rings is 1. The molecular weight excluding hydrogens is 463 g/mol. The van der Waals surface area contributed by atoms with Crippen molar-refractivity contribution in [1.82, 2.24) is 9.97 Å². The van der Waals surface area contributed by atoms with Crippen molar-refractivity contribution in [2.45, 2.75) is 26.1 Å². The van der Waals surface area contributed by atoms with Gasteiger partial charge in [-0.3, -0.25) is 14.8 Å². The van der Waals surface area contributed by atoms with Crippen LogP contribution in [0, 0.1) is 6.92 Å². The lowest BCUT2D eigenvalue weighted by Gasteiger charge is -2.20. The van der Waals surface area contributed by atoms with Crippen LogP contribution in [-0.2, 0) is 6.18 Å². The minimum Gasteiger partial charge on any atom is -0.454 e. The summed E-state index contributed by atoms with van der Waals surface area (Å²) in [6, 6.07) is 9.11. The highest BCUT2D eigenvalue weighted by Crippen LogP contribution is 2.37. The summed E-state index contributed by atoms with van der Waals surface area (Å²) in [4.78, 5) is 21.4. The van der Waals surface area contributed by atoms with Crippen molar-refractivity contribution in [2.75, 3.05) is 5.32 Å². The summed E-state index contributed by atoms with van der Waals surface area (Å²) in [6.45, 7) is 3.08. The fourth-order valence-electron chi connectivity index (χ4n) is 3.73. The van der Waals surface area contributed by atoms with Crippen LogP contribution in [0.2, 0.25) is 0 Å². The number of pyridine rings is 2. The van der Waals surface area contributed by atoms with Gasteiger partial charge in [0.15, 0.2) is 17.0 Å². The molecule has 35 heavy (non-hydrogen) atoms. The van der Waals surface area contributed by atoms with Gasteiger partial charge in [-0.1, -0.05) is 11.2 Å². The predicted octanol–water partition coefficient (Wildman–Crippen LogP) is 4.84. The van der Waals surface area contributed by atoms with Gasteiger partial charge in [0.2, 0.25) is 0 Å². The van der Waals surface area contributed by atoms with Crippen LogP contribution in [0.3, 0.4) is 0 Å². The summed E-state index contributed by atoms with van der Waals surface area (Å²) >= 11 is 0. The minimum atomic E-state index is -4.70. The lowest BCUT2D eigenvalue weighted by Crippen LogP contribution is -2.19. The standard InChI is InChI=1S/C24H20F3N5O3/c1-12-20(33)16-11-14(24(25,26)27)10-15(22(16)35-21(12)18-6-3-4-8-29-18)13(2)31-17-7-5-9-30-19(17)23(28)32-34/h3-11,13,31,34H,1-2H3,(H2,28,32)/t13-/m1/s1. The molecule has 0 aliphatic carbocycles. The van der Waals surface area contributed by atoms with E-state index in [0.29, 0.717) is 11.4 Å². The van der Waals surface area contributed by atoms with Crippen LogP contribution in [0.1, 0.15) is 35.3 Å². The zero-order valence-electron chi connectivity index (χ0n) is 18.6. The number of anilines is 1. The number of alkyl halides is 3. The zero-order chi connectivity index (χ0) is 25.3. The SMILES string of the molecule is Cc1c(-c2ccccn2)oc2c([C@@H](C)Nc3cccnc3/C(N)=N/O)cc(C(F)(F)F)cc2c1=O. The van der Waals surface area contributed by atoms with Crippen LogP contribution < -0.4 is 16.5 Å². The smallest absolute Gasteiger partial charge is 0.416 e. The highest BCUT2D eigenvalue weighted by molar-refractivity contribution is 6.00. The van der Waals surface area contributed by atoms with Crippen LogP contribution in [0.4, 0.5) is 18.9 Å². The molecule has 3 aromatic heterocycles. The number of hydrogen-bond donors (Lipinski definition) is 3. The number of amidine groups is 1. The molecule has 0 radical (unpaired) electrons. The highest BCUT2D eigenvalue weighted by Gasteiger charge is 2.33. The first kappa shape index (κ1) is 23.7. The number of oxime groups is 1. The van der Waals surface area contributed by atoms with Crippen molar-refractivity contribution in [3.05, 3.63) is 87.5 Å². The summed E-state index contributed by atoms with van der Waals surface area (Å²) in [5, 5.41) is 14.8. The molecule has 0 spiro atoms. The molecule has 0 aliphatic rings. The predicted molar refractivity (Wildman–Crippen MR) is 124 cm³/mol. The molecule has 11 heteroatoms. The maximum Gasteiger partial charge on any atom is 0.416 e. The number of aromatic nitrogens is 2. The number of nitrogens with two attached hydrogens (primary N) is 1. The van der Waals surface area contributed by atoms with Gasteiger partial charge in [0.1, 0.15) is 17.0 Å². The quantitative estimate of drug-likeness (QED) is 0.160. The van der Waals surface area contributed by atoms with Gasteiger partial charge in [0.05, 0.1) is 22.7 Å². The average Bonchev–Trinajstić information content (AvgIpc) is 2.85. The van der Waals surface area contributed by atoms with E-state index in [2.05, 4.69) is 20.4 Å². The van der Waals surface area contributed by atoms with Gasteiger partial charge in [-0.05, 0) is 50.2 Å². The fourth-order valence-corrected chi connectivity index (χ4v) is 3.73. The van der Waals surface area contributed by atoms with E-state index in [4.69, 9.17) is 15.4 Å². The number of hydrogen-bond acceptors (Lipinski definition) is 7. The minimum absolute atomic E-state index is 0.0107. The Morgan fingerprint density at radius 3 is 2.57 bits per heavy atom. The van der Waals surface area contributed by atoms with Crippen molar-refractivity contribution in [3.63, 3.8) is 0 Å². The van der Waals surface area contributed by atoms with Crippen molar-refractivity contribution in [2.24, 2.45) is 10.9 Å². The topological polar surface area (TPSA) is 127 Å². The van der Waals surface area contributed by atoms with Crippen molar-refractivity contribution in [1.29, 1.82) is 0 Å². The normalized spacial score (nSPS) is 13.1. The molecule has 180 valence electrons. The largest absolute Gasteiger partial charge is 0.454 e. The van der Waals surface area contributed by atoms with E-state index in [-0.39, 0.29) is 39.4 Å². The Hall–Kier alpha value is -4.41. The molecule has 0 saturated carbocycles. The number of rotatable bonds is 5. The van der Waals surface area contributed by atoms with Gasteiger partial charge >= 0.3 is 6.18 Å². The molecule has 0 fully saturated rings. The van der Waals surface area contributed by atoms with Crippen LogP contribution in [0.5, 0.6) is 0 Å². The van der Waals surface area contributed by atoms with E-state index >= 15 is 0 Å². The average molecular weight is 483 g/mol. The summed E-state index contributed by atoms with van der Waals surface area (Å²) in [5.74, 6) is -0.121. The monoisotopic (exact) mass is 483 g/mol. The maximum absolute atomic E-state index is 13.7. The van der Waals surface area contributed by atoms with E-state index in [1.54, 1.807) is 37.3 Å². The van der Waals surface area contributed by atoms with Crippen LogP contribution in [-0.4, -0.2) is 21.0 Å². The van der Waals surface area contributed by atoms with Gasteiger partial charge in [0.25, 0.3) is 0 Å². The third-order valence-corrected chi connectivity index (χ3v) is 5.47. The maximum atomic E-state index is 13.7. The molecule has 0 unspecified atom stereocenters. The van der Waals surface area contributed by atoms with Crippen molar-refractivity contribution in [3.8, 4) is 11.5 Å². The molecule has 1 atom stereocenters. The van der Waals surface area contributed by atoms with Gasteiger partial charge < -0.3 is 20.7 Å². The van der Waals surface area contributed by atoms with Crippen molar-refractivity contribution < 1.29 is 22.8 Å². The van der Waals surface area contributed by atoms with E-state index in [1.165, 1.54) is 19.3 Å². The molecule has 0 aliphatic heterocycles. The van der Waals surface area contributed by atoms with Crippen LogP contribution in [0.25, 0.3) is 22.4 Å². The molecule has 4 aromatic rings. The van der Waals surface area contributed by atoms with E-state index in [0.717, 1.165) is 12.1 Å². The van der Waals surface area contributed by atoms with Gasteiger partial charge in [0, 0.05) is 23.5 Å². The molecule has 0 saturated heterocycles. The van der Waals surface area contributed by atoms with Gasteiger partial charge in [-0.25, -0.2) is 0 Å². The lowest BCUT2D eigenvalue weighted by molar-refractivity contribution is -0.137. The second kappa shape index (κ2) is 9.09. The second-order valence-electron chi connectivity index (χ2n) is 7.79. The molecular formula is C24H20F3N5O3. The van der Waals surface area contributed by atoms with Crippen LogP contribution >= 0.6 is 0 Å². The number of fused-ring (bicyclic) bond motifs is 1. The Morgan fingerprint density at radius 1 is 1.17 bits per heavy atom. The Bertz CT molecular complexity index is 1480. The summed E-state index contributed by atoms with van der Waals surface area (Å²) in [6.07, 6.45) is -1.76. The highest BCUT2D eigenvalue weighted by atomic mass is 19.4. The first-order valence-corrected chi connectivity index (χ1v) is 10.4.